The van der Waals surface area contributed by atoms with E-state index in [0.29, 0.717) is 47.2 Å². The largest absolute Gasteiger partial charge is 0.416 e. The molecule has 0 radical (unpaired) electrons. The first-order chi connectivity index (χ1) is 16.1. The predicted molar refractivity (Wildman–Crippen MR) is 123 cm³/mol. The number of anilines is 1. The van der Waals surface area contributed by atoms with Crippen molar-refractivity contribution in [2.45, 2.75) is 12.7 Å². The van der Waals surface area contributed by atoms with Crippen LogP contribution >= 0.6 is 22.9 Å². The number of halogens is 4. The summed E-state index contributed by atoms with van der Waals surface area (Å²) in [5.74, 6) is 0.685. The molecule has 2 aliphatic rings. The van der Waals surface area contributed by atoms with E-state index in [1.165, 1.54) is 5.56 Å². The van der Waals surface area contributed by atoms with Gasteiger partial charge in [0.15, 0.2) is 5.13 Å². The van der Waals surface area contributed by atoms with Crippen molar-refractivity contribution in [3.63, 3.8) is 0 Å². The average molecular weight is 511 g/mol. The summed E-state index contributed by atoms with van der Waals surface area (Å²) in [4.78, 5) is 31.5. The van der Waals surface area contributed by atoms with Crippen LogP contribution in [0.5, 0.6) is 0 Å². The van der Waals surface area contributed by atoms with Crippen LogP contribution in [0.25, 0.3) is 10.1 Å². The number of benzene rings is 2. The number of nitro groups is 1. The summed E-state index contributed by atoms with van der Waals surface area (Å²) in [6.07, 6.45) is -4.81. The van der Waals surface area contributed by atoms with Crippen LogP contribution < -0.4 is 10.5 Å². The quantitative estimate of drug-likeness (QED) is 0.370. The highest BCUT2D eigenvalue weighted by Gasteiger charge is 2.41. The lowest BCUT2D eigenvalue weighted by atomic mass is 10.0. The van der Waals surface area contributed by atoms with E-state index in [9.17, 15) is 28.1 Å². The van der Waals surface area contributed by atoms with E-state index in [-0.39, 0.29) is 10.1 Å². The van der Waals surface area contributed by atoms with Gasteiger partial charge in [-0.15, -0.1) is 0 Å². The van der Waals surface area contributed by atoms with Gasteiger partial charge in [-0.25, -0.2) is 0 Å². The van der Waals surface area contributed by atoms with Crippen LogP contribution in [0, 0.1) is 22.0 Å². The van der Waals surface area contributed by atoms with Crippen molar-refractivity contribution < 1.29 is 18.1 Å². The second kappa shape index (κ2) is 8.47. The molecule has 2 aromatic carbocycles. The monoisotopic (exact) mass is 510 g/mol. The highest BCUT2D eigenvalue weighted by Crippen LogP contribution is 2.40. The van der Waals surface area contributed by atoms with Crippen LogP contribution in [0.2, 0.25) is 5.02 Å². The number of hydrogen-bond donors (Lipinski definition) is 0. The minimum atomic E-state index is -4.81. The van der Waals surface area contributed by atoms with E-state index >= 15 is 0 Å². The molecule has 2 fully saturated rings. The Morgan fingerprint density at radius 3 is 2.35 bits per heavy atom. The lowest BCUT2D eigenvalue weighted by Gasteiger charge is -2.22. The van der Waals surface area contributed by atoms with Crippen LogP contribution in [0.4, 0.5) is 24.0 Å². The van der Waals surface area contributed by atoms with Gasteiger partial charge in [0.1, 0.15) is 4.70 Å². The number of non-ortho nitro benzene ring substituents is 1. The Morgan fingerprint density at radius 2 is 1.76 bits per heavy atom. The Morgan fingerprint density at radius 1 is 1.12 bits per heavy atom. The van der Waals surface area contributed by atoms with Gasteiger partial charge in [0.25, 0.3) is 11.2 Å². The molecule has 3 aromatic rings. The predicted octanol–water partition coefficient (Wildman–Crippen LogP) is 4.81. The zero-order chi connectivity index (χ0) is 24.2. The lowest BCUT2D eigenvalue weighted by Crippen LogP contribution is -2.29. The summed E-state index contributed by atoms with van der Waals surface area (Å²) in [7, 11) is 0. The Bertz CT molecular complexity index is 1320. The summed E-state index contributed by atoms with van der Waals surface area (Å²) in [6.45, 7) is 3.79. The average Bonchev–Trinajstić information content (AvgIpc) is 3.32. The van der Waals surface area contributed by atoms with Gasteiger partial charge in [-0.3, -0.25) is 19.8 Å². The van der Waals surface area contributed by atoms with E-state index in [4.69, 9.17) is 11.6 Å². The maximum Gasteiger partial charge on any atom is 0.416 e. The summed E-state index contributed by atoms with van der Waals surface area (Å²) in [5, 5.41) is 12.1. The summed E-state index contributed by atoms with van der Waals surface area (Å²) in [5.41, 5.74) is -1.69. The van der Waals surface area contributed by atoms with Crippen molar-refractivity contribution in [1.82, 2.24) is 9.88 Å². The van der Waals surface area contributed by atoms with Crippen LogP contribution in [0.15, 0.2) is 41.2 Å². The molecule has 0 bridgehead atoms. The molecule has 0 spiro atoms. The number of hydrogen-bond acceptors (Lipinski definition) is 7. The first kappa shape index (κ1) is 23.0. The highest BCUT2D eigenvalue weighted by molar-refractivity contribution is 7.22. The number of likely N-dealkylation sites (tertiary alicyclic amines) is 1. The molecule has 2 atom stereocenters. The first-order valence-electron chi connectivity index (χ1n) is 10.5. The zero-order valence-electron chi connectivity index (χ0n) is 17.6. The number of alkyl halides is 3. The van der Waals surface area contributed by atoms with Crippen molar-refractivity contribution >= 4 is 43.8 Å². The minimum Gasteiger partial charge on any atom is -0.347 e. The molecular weight excluding hydrogens is 493 g/mol. The van der Waals surface area contributed by atoms with E-state index in [1.54, 1.807) is 0 Å². The molecule has 0 amide bonds. The number of nitrogens with zero attached hydrogens (tertiary/aromatic N) is 4. The Labute approximate surface area is 200 Å². The van der Waals surface area contributed by atoms with Crippen LogP contribution in [-0.2, 0) is 12.7 Å². The molecule has 7 nitrogen and oxygen atoms in total. The van der Waals surface area contributed by atoms with Crippen molar-refractivity contribution in [3.8, 4) is 0 Å². The molecule has 12 heteroatoms. The molecule has 2 saturated heterocycles. The second-order valence-corrected chi connectivity index (χ2v) is 10.1. The fourth-order valence-corrected chi connectivity index (χ4v) is 6.01. The van der Waals surface area contributed by atoms with Crippen LogP contribution in [0.3, 0.4) is 0 Å². The molecule has 1 aromatic heterocycles. The maximum atomic E-state index is 13.2. The molecule has 34 heavy (non-hydrogen) atoms. The molecule has 3 heterocycles. The first-order valence-corrected chi connectivity index (χ1v) is 11.7. The van der Waals surface area contributed by atoms with Gasteiger partial charge < -0.3 is 4.90 Å². The van der Waals surface area contributed by atoms with E-state index < -0.39 is 27.9 Å². The smallest absolute Gasteiger partial charge is 0.347 e. The molecular formula is C22H18ClF3N4O3S. The molecule has 2 unspecified atom stereocenters. The van der Waals surface area contributed by atoms with Crippen molar-refractivity contribution in [3.05, 3.63) is 73.0 Å². The van der Waals surface area contributed by atoms with Gasteiger partial charge in [-0.2, -0.15) is 18.2 Å². The topological polar surface area (TPSA) is 79.6 Å². The second-order valence-electron chi connectivity index (χ2n) is 8.67. The fraction of sp³-hybridized carbons (Fsp3) is 0.364. The SMILES string of the molecule is O=c1nc(N2CC3CN(Cc4ccc(Cl)cc4)CC3C2)sc2c([N+](=O)[O-])cc(C(F)(F)F)cc12. The number of rotatable bonds is 4. The van der Waals surface area contributed by atoms with Gasteiger partial charge in [0.05, 0.1) is 15.9 Å². The minimum absolute atomic E-state index is 0.0885. The van der Waals surface area contributed by atoms with Crippen molar-refractivity contribution in [1.29, 1.82) is 0 Å². The Hall–Kier alpha value is -2.76. The van der Waals surface area contributed by atoms with Gasteiger partial charge >= 0.3 is 6.18 Å². The highest BCUT2D eigenvalue weighted by atomic mass is 35.5. The van der Waals surface area contributed by atoms with Gasteiger partial charge in [-0.05, 0) is 35.6 Å². The van der Waals surface area contributed by atoms with E-state index in [0.717, 1.165) is 31.0 Å². The molecule has 0 N–H and O–H groups in total. The summed E-state index contributed by atoms with van der Waals surface area (Å²) < 4.78 is 39.4. The standard InChI is InChI=1S/C22H18ClF3N4O3S/c23-16-3-1-12(2-4-16)7-28-8-13-10-29(11-14(13)9-28)21-27-20(31)17-5-15(22(24,25)26)6-18(30(32)33)19(17)34-21/h1-6,13-14H,7-11H2. The van der Waals surface area contributed by atoms with E-state index in [1.807, 2.05) is 29.2 Å². The van der Waals surface area contributed by atoms with Crippen LogP contribution in [0.1, 0.15) is 11.1 Å². The molecule has 0 saturated carbocycles. The molecule has 5 rings (SSSR count). The number of fused-ring (bicyclic) bond motifs is 2. The lowest BCUT2D eigenvalue weighted by molar-refractivity contribution is -0.383. The van der Waals surface area contributed by atoms with E-state index in [2.05, 4.69) is 9.88 Å². The van der Waals surface area contributed by atoms with Gasteiger partial charge in [0, 0.05) is 43.8 Å². The third kappa shape index (κ3) is 4.35. The molecule has 0 aliphatic carbocycles. The maximum absolute atomic E-state index is 13.2. The number of nitro benzene ring substituents is 1. The van der Waals surface area contributed by atoms with Crippen molar-refractivity contribution in [2.75, 3.05) is 31.1 Å². The fourth-order valence-electron chi connectivity index (χ4n) is 4.80. The zero-order valence-corrected chi connectivity index (χ0v) is 19.2. The van der Waals surface area contributed by atoms with Crippen molar-refractivity contribution in [2.24, 2.45) is 11.8 Å². The molecule has 2 aliphatic heterocycles. The molecule has 178 valence electrons. The van der Waals surface area contributed by atoms with Crippen LogP contribution in [-0.4, -0.2) is 41.0 Å². The number of aromatic nitrogens is 1. The van der Waals surface area contributed by atoms with Gasteiger partial charge in [-0.1, -0.05) is 35.1 Å². The Balaban J connectivity index is 1.38. The summed E-state index contributed by atoms with van der Waals surface area (Å²) >= 11 is 6.84. The summed E-state index contributed by atoms with van der Waals surface area (Å²) in [6, 6.07) is 8.84. The third-order valence-corrected chi connectivity index (χ3v) is 7.78. The van der Waals surface area contributed by atoms with Gasteiger partial charge in [0.2, 0.25) is 0 Å². The Kier molecular flexibility index (Phi) is 5.73. The normalized spacial score (nSPS) is 20.8. The third-order valence-electron chi connectivity index (χ3n) is 6.37.